The number of carbonyl (C=O) groups excluding carboxylic acids is 2. The largest absolute Gasteiger partial charge is 0.491 e. The normalized spacial score (nSPS) is 18.3. The number of piperidine rings is 2. The molecule has 3 aliphatic rings. The number of nitrogens with one attached hydrogen (secondary N) is 1. The van der Waals surface area contributed by atoms with Crippen molar-refractivity contribution in [2.75, 3.05) is 52.5 Å². The number of β-amino-alcohol motifs (C(OH)–C–C–N with tert-alkyl or cyclic N) is 1. The van der Waals surface area contributed by atoms with Gasteiger partial charge in [-0.05, 0) is 38.1 Å². The number of hydrogen-bond acceptors (Lipinski definition) is 12. The van der Waals surface area contributed by atoms with Crippen molar-refractivity contribution in [1.29, 1.82) is 0 Å². The highest BCUT2D eigenvalue weighted by Gasteiger charge is 2.23. The lowest BCUT2D eigenvalue weighted by Gasteiger charge is -2.27. The molecule has 3 aliphatic heterocycles. The minimum absolute atomic E-state index is 0. The number of nitrogens with zero attached hydrogens (tertiary/aromatic N) is 3. The molecule has 0 amide bonds. The zero-order chi connectivity index (χ0) is 30.9. The Kier molecular flexibility index (Phi) is 15.2. The van der Waals surface area contributed by atoms with E-state index in [9.17, 15) is 14.7 Å². The van der Waals surface area contributed by atoms with Crippen LogP contribution in [0.5, 0.6) is 11.5 Å². The summed E-state index contributed by atoms with van der Waals surface area (Å²) >= 11 is 3.36. The van der Waals surface area contributed by atoms with Crippen molar-refractivity contribution >= 4 is 67.1 Å². The molecule has 0 bridgehead atoms. The van der Waals surface area contributed by atoms with E-state index in [2.05, 4.69) is 26.3 Å². The maximum absolute atomic E-state index is 11.2. The van der Waals surface area contributed by atoms with Crippen molar-refractivity contribution in [2.24, 2.45) is 0 Å². The van der Waals surface area contributed by atoms with Crippen LogP contribution in [0.3, 0.4) is 0 Å². The van der Waals surface area contributed by atoms with Crippen LogP contribution in [-0.4, -0.2) is 96.3 Å². The Bertz CT molecular complexity index is 1540. The first-order chi connectivity index (χ1) is 21.3. The summed E-state index contributed by atoms with van der Waals surface area (Å²) in [5.41, 5.74) is 1.95. The number of halogens is 1. The van der Waals surface area contributed by atoms with Gasteiger partial charge in [-0.2, -0.15) is 0 Å². The quantitative estimate of drug-likeness (QED) is 0.232. The molecule has 2 N–H and O–H groups in total. The van der Waals surface area contributed by atoms with Crippen LogP contribution in [0.2, 0.25) is 0 Å². The average Bonchev–Trinajstić information content (AvgIpc) is 3.66. The van der Waals surface area contributed by atoms with Crippen LogP contribution < -0.4 is 14.8 Å². The number of aliphatic hydroxyl groups excluding tert-OH is 1. The molecule has 3 saturated heterocycles. The molecular formula is C33H45ClN4O6S2. The third-order valence-electron chi connectivity index (χ3n) is 7.26. The number of ketones is 2. The Morgan fingerprint density at radius 2 is 1.43 bits per heavy atom. The molecule has 252 valence electrons. The Hall–Kier alpha value is -2.71. The van der Waals surface area contributed by atoms with Crippen LogP contribution in [0.15, 0.2) is 36.4 Å². The number of likely N-dealkylation sites (tertiary alicyclic amines) is 1. The van der Waals surface area contributed by atoms with E-state index in [1.165, 1.54) is 4.70 Å². The predicted molar refractivity (Wildman–Crippen MR) is 187 cm³/mol. The fourth-order valence-electron chi connectivity index (χ4n) is 4.81. The predicted octanol–water partition coefficient (Wildman–Crippen LogP) is 5.39. The lowest BCUT2D eigenvalue weighted by molar-refractivity contribution is -0.122. The molecule has 7 rings (SSSR count). The number of ether oxygens (including phenoxy) is 3. The molecule has 0 unspecified atom stereocenters. The highest BCUT2D eigenvalue weighted by Crippen LogP contribution is 2.27. The number of benzene rings is 2. The minimum atomic E-state index is -0.555. The number of aryl methyl sites for hydroxylation is 2. The summed E-state index contributed by atoms with van der Waals surface area (Å²) in [6.07, 6.45) is 2.40. The first-order valence-corrected chi connectivity index (χ1v) is 16.7. The minimum Gasteiger partial charge on any atom is -0.491 e. The van der Waals surface area contributed by atoms with Gasteiger partial charge in [0.1, 0.15) is 48.5 Å². The maximum atomic E-state index is 11.2. The summed E-state index contributed by atoms with van der Waals surface area (Å²) in [5, 5.41) is 15.3. The molecule has 0 aliphatic carbocycles. The third kappa shape index (κ3) is 12.1. The molecule has 0 saturated carbocycles. The average molecular weight is 693 g/mol. The number of carbonyl (C=O) groups is 2. The lowest BCUT2D eigenvalue weighted by Crippen LogP contribution is -2.40. The van der Waals surface area contributed by atoms with E-state index in [-0.39, 0.29) is 26.4 Å². The third-order valence-corrected chi connectivity index (χ3v) is 9.16. The van der Waals surface area contributed by atoms with Gasteiger partial charge in [-0.25, -0.2) is 9.97 Å². The SMILES string of the molecule is C.Cc1nc2cc(OC[C@H](O)CN3CCC(=O)CC3)ccc2s1.Cc1nc2cc(OC[C@H]3CO3)ccc2s1.Cl.O=C1CCNCC1. The first kappa shape index (κ1) is 37.7. The monoisotopic (exact) mass is 692 g/mol. The molecule has 4 aromatic rings. The highest BCUT2D eigenvalue weighted by atomic mass is 35.5. The summed E-state index contributed by atoms with van der Waals surface area (Å²) < 4.78 is 18.7. The molecule has 2 atom stereocenters. The Morgan fingerprint density at radius 1 is 0.913 bits per heavy atom. The number of Topliss-reactive ketones (excluding diaryl/α,β-unsaturated/α-hetero) is 2. The summed E-state index contributed by atoms with van der Waals surface area (Å²) in [6, 6.07) is 11.8. The smallest absolute Gasteiger partial charge is 0.135 e. The molecule has 13 heteroatoms. The zero-order valence-electron chi connectivity index (χ0n) is 25.7. The van der Waals surface area contributed by atoms with Gasteiger partial charge in [-0.15, -0.1) is 35.1 Å². The number of aliphatic hydroxyl groups is 1. The van der Waals surface area contributed by atoms with Gasteiger partial charge >= 0.3 is 0 Å². The van der Waals surface area contributed by atoms with Gasteiger partial charge in [-0.1, -0.05) is 7.43 Å². The Balaban J connectivity index is 0.000000207. The second kappa shape index (κ2) is 18.6. The number of fused-ring (bicyclic) bond motifs is 2. The standard InChI is InChI=1S/C16H20N2O3S.C11H11NO2S.C5H9NO.CH4.ClH/c1-11-17-15-8-14(2-3-16(15)22-11)21-10-13(20)9-18-6-4-12(19)5-7-18;1-7-12-10-4-8(2-3-11(10)15-7)13-5-9-6-14-9;7-5-1-3-6-4-2-5;;/h2-3,8,13,20H,4-7,9-10H2,1H3;2-4,9H,5-6H2,1H3;6H,1-4H2;1H4;1H/t13-;9-;;;/m10.../s1. The van der Waals surface area contributed by atoms with Gasteiger partial charge in [0.25, 0.3) is 0 Å². The van der Waals surface area contributed by atoms with Crippen LogP contribution in [0.4, 0.5) is 0 Å². The van der Waals surface area contributed by atoms with Crippen molar-refractivity contribution < 1.29 is 28.9 Å². The van der Waals surface area contributed by atoms with E-state index < -0.39 is 6.10 Å². The first-order valence-electron chi connectivity index (χ1n) is 15.1. The van der Waals surface area contributed by atoms with E-state index in [1.807, 2.05) is 44.2 Å². The van der Waals surface area contributed by atoms with Crippen molar-refractivity contribution in [3.8, 4) is 11.5 Å². The van der Waals surface area contributed by atoms with Crippen LogP contribution >= 0.6 is 35.1 Å². The molecule has 3 fully saturated rings. The summed E-state index contributed by atoms with van der Waals surface area (Å²) in [5.74, 6) is 2.32. The van der Waals surface area contributed by atoms with Crippen molar-refractivity contribution in [1.82, 2.24) is 20.2 Å². The lowest BCUT2D eigenvalue weighted by atomic mass is 10.1. The summed E-state index contributed by atoms with van der Waals surface area (Å²) in [4.78, 5) is 32.6. The Labute approximate surface area is 284 Å². The van der Waals surface area contributed by atoms with Crippen molar-refractivity contribution in [3.05, 3.63) is 46.4 Å². The van der Waals surface area contributed by atoms with Crippen LogP contribution in [0.25, 0.3) is 20.4 Å². The molecule has 10 nitrogen and oxygen atoms in total. The molecule has 2 aromatic carbocycles. The second-order valence-corrected chi connectivity index (χ2v) is 13.6. The van der Waals surface area contributed by atoms with Crippen molar-refractivity contribution in [2.45, 2.75) is 59.2 Å². The number of epoxide rings is 1. The van der Waals surface area contributed by atoms with Gasteiger partial charge in [0.05, 0.1) is 37.1 Å². The Morgan fingerprint density at radius 3 is 1.93 bits per heavy atom. The van der Waals surface area contributed by atoms with Gasteiger partial charge < -0.3 is 24.6 Å². The molecular weight excluding hydrogens is 648 g/mol. The number of hydrogen-bond donors (Lipinski definition) is 2. The van der Waals surface area contributed by atoms with E-state index in [0.717, 1.165) is 82.9 Å². The molecule has 0 spiro atoms. The topological polar surface area (TPSA) is 126 Å². The van der Waals surface area contributed by atoms with Gasteiger partial charge in [0.15, 0.2) is 0 Å². The second-order valence-electron chi connectivity index (χ2n) is 11.1. The zero-order valence-corrected chi connectivity index (χ0v) is 28.1. The van der Waals surface area contributed by atoms with Crippen LogP contribution in [0, 0.1) is 13.8 Å². The highest BCUT2D eigenvalue weighted by molar-refractivity contribution is 7.18. The molecule has 2 aromatic heterocycles. The number of rotatable bonds is 8. The summed E-state index contributed by atoms with van der Waals surface area (Å²) in [7, 11) is 0. The van der Waals surface area contributed by atoms with E-state index in [1.54, 1.807) is 22.7 Å². The fourth-order valence-corrected chi connectivity index (χ4v) is 6.43. The van der Waals surface area contributed by atoms with E-state index in [4.69, 9.17) is 14.2 Å². The van der Waals surface area contributed by atoms with Crippen LogP contribution in [-0.2, 0) is 14.3 Å². The fraction of sp³-hybridized carbons (Fsp3) is 0.515. The van der Waals surface area contributed by atoms with E-state index in [0.29, 0.717) is 43.7 Å². The van der Waals surface area contributed by atoms with Gasteiger partial charge in [-0.3, -0.25) is 14.5 Å². The van der Waals surface area contributed by atoms with Gasteiger partial charge in [0.2, 0.25) is 0 Å². The van der Waals surface area contributed by atoms with Crippen molar-refractivity contribution in [3.63, 3.8) is 0 Å². The molecule has 46 heavy (non-hydrogen) atoms. The number of aromatic nitrogens is 2. The maximum Gasteiger partial charge on any atom is 0.135 e. The summed E-state index contributed by atoms with van der Waals surface area (Å²) in [6.45, 7) is 9.52. The number of thiazole rings is 2. The molecule has 5 heterocycles. The van der Waals surface area contributed by atoms with E-state index >= 15 is 0 Å². The van der Waals surface area contributed by atoms with Crippen LogP contribution in [0.1, 0.15) is 43.1 Å². The van der Waals surface area contributed by atoms with Gasteiger partial charge in [0, 0.05) is 70.5 Å². The molecule has 0 radical (unpaired) electrons.